The highest BCUT2D eigenvalue weighted by Crippen LogP contribution is 2.35. The number of fused-ring (bicyclic) bond motifs is 1. The second-order valence-electron chi connectivity index (χ2n) is 7.04. The van der Waals surface area contributed by atoms with Crippen molar-refractivity contribution in [2.24, 2.45) is 0 Å². The summed E-state index contributed by atoms with van der Waals surface area (Å²) in [5, 5.41) is 12.0. The third-order valence-corrected chi connectivity index (χ3v) is 5.94. The first-order valence-corrected chi connectivity index (χ1v) is 10.5. The maximum atomic E-state index is 12.4. The average molecular weight is 438 g/mol. The number of nitrogens with one attached hydrogen (secondary N) is 1. The zero-order valence-corrected chi connectivity index (χ0v) is 17.1. The lowest BCUT2D eigenvalue weighted by molar-refractivity contribution is -0.118. The lowest BCUT2D eigenvalue weighted by Crippen LogP contribution is -2.24. The standard InChI is InChI=1S/C21H18N4O5S/c26-18(11-28-15-6-7-16-17(9-15)30-12-29-16)22-21-24-23-20(31-21)13-8-19(27)25(10-13)14-4-2-1-3-5-14/h1-7,9,13H,8,10-12H2,(H,22,24,26). The van der Waals surface area contributed by atoms with Gasteiger partial charge in [0.2, 0.25) is 17.8 Å². The van der Waals surface area contributed by atoms with Gasteiger partial charge in [-0.2, -0.15) is 0 Å². The number of amides is 2. The third kappa shape index (κ3) is 4.15. The van der Waals surface area contributed by atoms with E-state index in [0.29, 0.717) is 35.3 Å². The van der Waals surface area contributed by atoms with Crippen LogP contribution in [-0.4, -0.2) is 42.0 Å². The lowest BCUT2D eigenvalue weighted by atomic mass is 10.1. The van der Waals surface area contributed by atoms with Crippen molar-refractivity contribution >= 4 is 34.0 Å². The van der Waals surface area contributed by atoms with Gasteiger partial charge in [-0.1, -0.05) is 29.5 Å². The number of anilines is 2. The molecule has 10 heteroatoms. The van der Waals surface area contributed by atoms with E-state index >= 15 is 0 Å². The Morgan fingerprint density at radius 1 is 1.16 bits per heavy atom. The number of ether oxygens (including phenoxy) is 3. The van der Waals surface area contributed by atoms with Crippen LogP contribution in [0.25, 0.3) is 0 Å². The molecule has 1 aromatic heterocycles. The van der Waals surface area contributed by atoms with Crippen LogP contribution in [0.4, 0.5) is 10.8 Å². The fourth-order valence-electron chi connectivity index (χ4n) is 3.45. The van der Waals surface area contributed by atoms with Gasteiger partial charge in [0.15, 0.2) is 18.1 Å². The summed E-state index contributed by atoms with van der Waals surface area (Å²) in [6, 6.07) is 14.7. The highest BCUT2D eigenvalue weighted by molar-refractivity contribution is 7.15. The number of hydrogen-bond donors (Lipinski definition) is 1. The molecule has 2 aliphatic rings. The zero-order valence-electron chi connectivity index (χ0n) is 16.3. The number of carbonyl (C=O) groups excluding carboxylic acids is 2. The van der Waals surface area contributed by atoms with Crippen molar-refractivity contribution in [3.8, 4) is 17.2 Å². The van der Waals surface area contributed by atoms with Gasteiger partial charge in [-0.15, -0.1) is 10.2 Å². The van der Waals surface area contributed by atoms with E-state index in [1.54, 1.807) is 23.1 Å². The highest BCUT2D eigenvalue weighted by atomic mass is 32.1. The van der Waals surface area contributed by atoms with Crippen LogP contribution >= 0.6 is 11.3 Å². The second kappa shape index (κ2) is 8.23. The van der Waals surface area contributed by atoms with Gasteiger partial charge in [-0.3, -0.25) is 14.9 Å². The molecule has 0 saturated carbocycles. The number of hydrogen-bond acceptors (Lipinski definition) is 8. The third-order valence-electron chi connectivity index (χ3n) is 4.94. The van der Waals surface area contributed by atoms with Gasteiger partial charge in [-0.25, -0.2) is 0 Å². The molecule has 31 heavy (non-hydrogen) atoms. The predicted molar refractivity (Wildman–Crippen MR) is 113 cm³/mol. The summed E-state index contributed by atoms with van der Waals surface area (Å²) in [6.07, 6.45) is 0.366. The Kier molecular flexibility index (Phi) is 5.13. The quantitative estimate of drug-likeness (QED) is 0.631. The first-order valence-electron chi connectivity index (χ1n) is 9.67. The molecule has 0 radical (unpaired) electrons. The molecular weight excluding hydrogens is 420 g/mol. The molecule has 1 saturated heterocycles. The average Bonchev–Trinajstić information content (AvgIpc) is 3.52. The van der Waals surface area contributed by atoms with Crippen LogP contribution in [0.1, 0.15) is 17.3 Å². The van der Waals surface area contributed by atoms with Crippen LogP contribution in [0.3, 0.4) is 0 Å². The molecule has 2 aromatic carbocycles. The minimum atomic E-state index is -0.353. The molecule has 1 N–H and O–H groups in total. The van der Waals surface area contributed by atoms with Gasteiger partial charge in [0, 0.05) is 30.6 Å². The van der Waals surface area contributed by atoms with Crippen LogP contribution in [0.15, 0.2) is 48.5 Å². The molecule has 2 amide bonds. The summed E-state index contributed by atoms with van der Waals surface area (Å²) in [4.78, 5) is 26.4. The summed E-state index contributed by atoms with van der Waals surface area (Å²) in [5.74, 6) is 1.38. The fraction of sp³-hybridized carbons (Fsp3) is 0.238. The Morgan fingerprint density at radius 2 is 2.00 bits per heavy atom. The van der Waals surface area contributed by atoms with E-state index in [2.05, 4.69) is 15.5 Å². The van der Waals surface area contributed by atoms with E-state index in [-0.39, 0.29) is 31.1 Å². The zero-order chi connectivity index (χ0) is 21.2. The fourth-order valence-corrected chi connectivity index (χ4v) is 4.30. The Bertz CT molecular complexity index is 1120. The molecule has 3 aromatic rings. The van der Waals surface area contributed by atoms with Gasteiger partial charge in [0.05, 0.1) is 0 Å². The normalized spacial score (nSPS) is 17.1. The van der Waals surface area contributed by atoms with Crippen molar-refractivity contribution in [1.29, 1.82) is 0 Å². The number of carbonyl (C=O) groups is 2. The van der Waals surface area contributed by atoms with Crippen LogP contribution in [0.5, 0.6) is 17.2 Å². The molecule has 1 unspecified atom stereocenters. The van der Waals surface area contributed by atoms with E-state index in [4.69, 9.17) is 14.2 Å². The maximum Gasteiger partial charge on any atom is 0.264 e. The summed E-state index contributed by atoms with van der Waals surface area (Å²) in [7, 11) is 0. The molecule has 3 heterocycles. The first kappa shape index (κ1) is 19.3. The van der Waals surface area contributed by atoms with E-state index in [1.165, 1.54) is 11.3 Å². The summed E-state index contributed by atoms with van der Waals surface area (Å²) < 4.78 is 16.0. The van der Waals surface area contributed by atoms with Gasteiger partial charge in [0.1, 0.15) is 10.8 Å². The minimum absolute atomic E-state index is 0.0501. The monoisotopic (exact) mass is 438 g/mol. The Balaban J connectivity index is 1.16. The minimum Gasteiger partial charge on any atom is -0.484 e. The number of rotatable bonds is 6. The van der Waals surface area contributed by atoms with Crippen LogP contribution in [0, 0.1) is 0 Å². The van der Waals surface area contributed by atoms with Gasteiger partial charge < -0.3 is 19.1 Å². The van der Waals surface area contributed by atoms with Crippen molar-refractivity contribution in [1.82, 2.24) is 10.2 Å². The Morgan fingerprint density at radius 3 is 2.87 bits per heavy atom. The van der Waals surface area contributed by atoms with Gasteiger partial charge >= 0.3 is 0 Å². The summed E-state index contributed by atoms with van der Waals surface area (Å²) in [5.41, 5.74) is 0.869. The van der Waals surface area contributed by atoms with E-state index < -0.39 is 0 Å². The van der Waals surface area contributed by atoms with Crippen molar-refractivity contribution in [2.45, 2.75) is 12.3 Å². The molecule has 1 atom stereocenters. The number of nitrogens with zero attached hydrogens (tertiary/aromatic N) is 3. The highest BCUT2D eigenvalue weighted by Gasteiger charge is 2.33. The van der Waals surface area contributed by atoms with Crippen molar-refractivity contribution in [3.63, 3.8) is 0 Å². The van der Waals surface area contributed by atoms with Crippen LogP contribution in [-0.2, 0) is 9.59 Å². The molecule has 1 fully saturated rings. The SMILES string of the molecule is O=C(COc1ccc2c(c1)OCO2)Nc1nnc(C2CC(=O)N(c3ccccc3)C2)s1. The smallest absolute Gasteiger partial charge is 0.264 e. The van der Waals surface area contributed by atoms with Gasteiger partial charge in [0.25, 0.3) is 5.91 Å². The topological polar surface area (TPSA) is 103 Å². The van der Waals surface area contributed by atoms with E-state index in [1.807, 2.05) is 30.3 Å². The maximum absolute atomic E-state index is 12.4. The van der Waals surface area contributed by atoms with Gasteiger partial charge in [-0.05, 0) is 24.3 Å². The second-order valence-corrected chi connectivity index (χ2v) is 8.05. The number of benzene rings is 2. The molecule has 9 nitrogen and oxygen atoms in total. The van der Waals surface area contributed by atoms with Crippen molar-refractivity contribution in [3.05, 3.63) is 53.5 Å². The molecule has 2 aliphatic heterocycles. The molecule has 0 spiro atoms. The lowest BCUT2D eigenvalue weighted by Gasteiger charge is -2.15. The molecule has 5 rings (SSSR count). The van der Waals surface area contributed by atoms with Crippen molar-refractivity contribution in [2.75, 3.05) is 30.2 Å². The number of aromatic nitrogens is 2. The van der Waals surface area contributed by atoms with Crippen LogP contribution < -0.4 is 24.4 Å². The molecule has 0 bridgehead atoms. The summed E-state index contributed by atoms with van der Waals surface area (Å²) >= 11 is 1.27. The predicted octanol–water partition coefficient (Wildman–Crippen LogP) is 2.80. The molecule has 158 valence electrons. The van der Waals surface area contributed by atoms with E-state index in [9.17, 15) is 9.59 Å². The van der Waals surface area contributed by atoms with E-state index in [0.717, 1.165) is 10.7 Å². The first-order chi connectivity index (χ1) is 15.2. The molecule has 0 aliphatic carbocycles. The summed E-state index contributed by atoms with van der Waals surface area (Å²) in [6.45, 7) is 0.533. The number of para-hydroxylation sites is 1. The largest absolute Gasteiger partial charge is 0.484 e. The molecular formula is C21H18N4O5S. The van der Waals surface area contributed by atoms with Crippen molar-refractivity contribution < 1.29 is 23.8 Å². The Labute approximate surface area is 181 Å². The Hall–Kier alpha value is -3.66. The van der Waals surface area contributed by atoms with Crippen LogP contribution in [0.2, 0.25) is 0 Å².